The van der Waals surface area contributed by atoms with Crippen LogP contribution in [0.4, 0.5) is 11.4 Å². The smallest absolute Gasteiger partial charge is 0.292 e. The van der Waals surface area contributed by atoms with Gasteiger partial charge in [0.2, 0.25) is 5.91 Å². The Balaban J connectivity index is 2.44. The topological polar surface area (TPSA) is 110 Å². The fourth-order valence-corrected chi connectivity index (χ4v) is 2.05. The van der Waals surface area contributed by atoms with E-state index in [2.05, 4.69) is 0 Å². The summed E-state index contributed by atoms with van der Waals surface area (Å²) in [4.78, 5) is 23.2. The van der Waals surface area contributed by atoms with Gasteiger partial charge in [0, 0.05) is 24.7 Å². The Morgan fingerprint density at radius 2 is 2.28 bits per heavy atom. The van der Waals surface area contributed by atoms with Gasteiger partial charge in [-0.05, 0) is 18.6 Å². The van der Waals surface area contributed by atoms with Gasteiger partial charge in [0.15, 0.2) is 0 Å². The minimum absolute atomic E-state index is 0.0888. The van der Waals surface area contributed by atoms with Crippen molar-refractivity contribution >= 4 is 17.3 Å². The second-order valence-corrected chi connectivity index (χ2v) is 4.21. The number of nitro benzene ring substituents is 1. The first-order chi connectivity index (χ1) is 8.49. The maximum absolute atomic E-state index is 11.1. The Hall–Kier alpha value is -2.15. The van der Waals surface area contributed by atoms with Crippen molar-refractivity contribution in [2.45, 2.75) is 12.5 Å². The van der Waals surface area contributed by atoms with E-state index in [0.717, 1.165) is 0 Å². The van der Waals surface area contributed by atoms with Crippen molar-refractivity contribution in [3.63, 3.8) is 0 Å². The number of carbonyl (C=O) groups is 1. The van der Waals surface area contributed by atoms with Gasteiger partial charge in [-0.2, -0.15) is 0 Å². The molecule has 3 N–H and O–H groups in total. The van der Waals surface area contributed by atoms with Crippen LogP contribution in [0.25, 0.3) is 0 Å². The highest BCUT2D eigenvalue weighted by Crippen LogP contribution is 2.31. The predicted molar refractivity (Wildman–Crippen MR) is 64.5 cm³/mol. The monoisotopic (exact) mass is 251 g/mol. The zero-order chi connectivity index (χ0) is 13.3. The van der Waals surface area contributed by atoms with E-state index in [9.17, 15) is 20.0 Å². The second kappa shape index (κ2) is 4.61. The van der Waals surface area contributed by atoms with Crippen LogP contribution in [-0.4, -0.2) is 35.1 Å². The fourth-order valence-electron chi connectivity index (χ4n) is 2.05. The quantitative estimate of drug-likeness (QED) is 0.591. The number of rotatable bonds is 3. The van der Waals surface area contributed by atoms with Crippen LogP contribution in [0.15, 0.2) is 18.2 Å². The number of carbonyl (C=O) groups excluding carboxylic acids is 1. The van der Waals surface area contributed by atoms with E-state index in [4.69, 9.17) is 5.73 Å². The van der Waals surface area contributed by atoms with Gasteiger partial charge in [-0.1, -0.05) is 0 Å². The van der Waals surface area contributed by atoms with Gasteiger partial charge in [0.05, 0.1) is 11.0 Å². The van der Waals surface area contributed by atoms with Crippen LogP contribution in [0.2, 0.25) is 0 Å². The first-order valence-corrected chi connectivity index (χ1v) is 5.50. The number of nitrogens with two attached hydrogens (primary N) is 1. The molecule has 1 heterocycles. The van der Waals surface area contributed by atoms with E-state index in [-0.39, 0.29) is 11.3 Å². The van der Waals surface area contributed by atoms with E-state index < -0.39 is 16.9 Å². The van der Waals surface area contributed by atoms with Gasteiger partial charge in [0.25, 0.3) is 5.69 Å². The lowest BCUT2D eigenvalue weighted by Gasteiger charge is -2.18. The molecule has 1 aromatic rings. The molecule has 1 atom stereocenters. The predicted octanol–water partition coefficient (Wildman–Crippen LogP) is 0.265. The van der Waals surface area contributed by atoms with Crippen LogP contribution >= 0.6 is 0 Å². The number of aliphatic hydroxyl groups excluding tert-OH is 1. The number of anilines is 1. The van der Waals surface area contributed by atoms with Crippen LogP contribution in [0.5, 0.6) is 0 Å². The second-order valence-electron chi connectivity index (χ2n) is 4.21. The van der Waals surface area contributed by atoms with Gasteiger partial charge in [-0.25, -0.2) is 0 Å². The van der Waals surface area contributed by atoms with E-state index in [1.165, 1.54) is 18.2 Å². The third kappa shape index (κ3) is 2.25. The first-order valence-electron chi connectivity index (χ1n) is 5.50. The summed E-state index contributed by atoms with van der Waals surface area (Å²) in [6.45, 7) is 0.841. The summed E-state index contributed by atoms with van der Waals surface area (Å²) in [7, 11) is 0. The molecule has 1 aliphatic heterocycles. The van der Waals surface area contributed by atoms with Crippen molar-refractivity contribution in [1.82, 2.24) is 0 Å². The van der Waals surface area contributed by atoms with Crippen LogP contribution in [-0.2, 0) is 0 Å². The number of hydrogen-bond donors (Lipinski definition) is 2. The van der Waals surface area contributed by atoms with E-state index in [1.807, 2.05) is 0 Å². The molecule has 7 nitrogen and oxygen atoms in total. The number of primary amides is 1. The molecular weight excluding hydrogens is 238 g/mol. The molecule has 0 unspecified atom stereocenters. The third-order valence-electron chi connectivity index (χ3n) is 2.96. The van der Waals surface area contributed by atoms with E-state index in [1.54, 1.807) is 4.90 Å². The van der Waals surface area contributed by atoms with Crippen LogP contribution < -0.4 is 10.6 Å². The fraction of sp³-hybridized carbons (Fsp3) is 0.364. The molecule has 7 heteroatoms. The number of hydrogen-bond acceptors (Lipinski definition) is 5. The lowest BCUT2D eigenvalue weighted by molar-refractivity contribution is -0.384. The highest BCUT2D eigenvalue weighted by Gasteiger charge is 2.27. The number of aliphatic hydroxyl groups is 1. The maximum atomic E-state index is 11.1. The van der Waals surface area contributed by atoms with Crippen molar-refractivity contribution in [3.8, 4) is 0 Å². The number of nitrogens with zero attached hydrogens (tertiary/aromatic N) is 2. The molecule has 0 bridgehead atoms. The average Bonchev–Trinajstić information content (AvgIpc) is 2.74. The van der Waals surface area contributed by atoms with Gasteiger partial charge in [-0.15, -0.1) is 0 Å². The first kappa shape index (κ1) is 12.3. The molecule has 0 saturated carbocycles. The Labute approximate surface area is 103 Å². The van der Waals surface area contributed by atoms with Gasteiger partial charge in [0.1, 0.15) is 5.69 Å². The summed E-state index contributed by atoms with van der Waals surface area (Å²) in [5.41, 5.74) is 5.62. The highest BCUT2D eigenvalue weighted by molar-refractivity contribution is 5.94. The zero-order valence-electron chi connectivity index (χ0n) is 9.57. The molecule has 0 aromatic heterocycles. The Morgan fingerprint density at radius 3 is 2.78 bits per heavy atom. The molecule has 1 amide bonds. The minimum Gasteiger partial charge on any atom is -0.391 e. The summed E-state index contributed by atoms with van der Waals surface area (Å²) in [5, 5.41) is 20.4. The average molecular weight is 251 g/mol. The summed E-state index contributed by atoms with van der Waals surface area (Å²) in [5.74, 6) is -0.633. The molecule has 0 spiro atoms. The van der Waals surface area contributed by atoms with Crippen molar-refractivity contribution in [2.24, 2.45) is 5.73 Å². The van der Waals surface area contributed by atoms with E-state index in [0.29, 0.717) is 25.2 Å². The Morgan fingerprint density at radius 1 is 1.56 bits per heavy atom. The number of benzene rings is 1. The van der Waals surface area contributed by atoms with E-state index >= 15 is 0 Å². The molecule has 1 fully saturated rings. The minimum atomic E-state index is -0.633. The van der Waals surface area contributed by atoms with Crippen molar-refractivity contribution in [1.29, 1.82) is 0 Å². The largest absolute Gasteiger partial charge is 0.391 e. The molecule has 1 aliphatic rings. The third-order valence-corrected chi connectivity index (χ3v) is 2.96. The number of β-amino-alcohol motifs (C(OH)–C–C–N with tert-alkyl or cyclic N) is 1. The molecule has 0 radical (unpaired) electrons. The molecule has 2 rings (SSSR count). The van der Waals surface area contributed by atoms with Gasteiger partial charge >= 0.3 is 0 Å². The van der Waals surface area contributed by atoms with Crippen LogP contribution in [0, 0.1) is 10.1 Å². The molecule has 1 saturated heterocycles. The molecule has 0 aliphatic carbocycles. The SMILES string of the molecule is NC(=O)c1ccc([N+](=O)[O-])c(N2CC[C@@H](O)C2)c1. The standard InChI is InChI=1S/C11H13N3O4/c12-11(16)7-1-2-9(14(17)18)10(5-7)13-4-3-8(15)6-13/h1-2,5,8,15H,3-4,6H2,(H2,12,16)/t8-/m1/s1. The van der Waals surface area contributed by atoms with Gasteiger partial charge < -0.3 is 15.7 Å². The summed E-state index contributed by atoms with van der Waals surface area (Å²) >= 11 is 0. The van der Waals surface area contributed by atoms with Crippen molar-refractivity contribution < 1.29 is 14.8 Å². The molecular formula is C11H13N3O4. The Bertz CT molecular complexity index is 503. The number of amides is 1. The van der Waals surface area contributed by atoms with Crippen LogP contribution in [0.3, 0.4) is 0 Å². The summed E-state index contributed by atoms with van der Waals surface area (Å²) in [6.07, 6.45) is 0.0552. The molecule has 96 valence electrons. The normalized spacial score (nSPS) is 18.9. The zero-order valence-corrected chi connectivity index (χ0v) is 9.57. The Kier molecular flexibility index (Phi) is 3.15. The lowest BCUT2D eigenvalue weighted by Crippen LogP contribution is -2.23. The number of nitro groups is 1. The van der Waals surface area contributed by atoms with Crippen molar-refractivity contribution in [3.05, 3.63) is 33.9 Å². The van der Waals surface area contributed by atoms with Crippen LogP contribution in [0.1, 0.15) is 16.8 Å². The molecule has 1 aromatic carbocycles. The summed E-state index contributed by atoms with van der Waals surface area (Å²) < 4.78 is 0. The summed E-state index contributed by atoms with van der Waals surface area (Å²) in [6, 6.07) is 4.00. The van der Waals surface area contributed by atoms with Gasteiger partial charge in [-0.3, -0.25) is 14.9 Å². The lowest BCUT2D eigenvalue weighted by atomic mass is 10.1. The molecule has 18 heavy (non-hydrogen) atoms. The van der Waals surface area contributed by atoms with Crippen molar-refractivity contribution in [2.75, 3.05) is 18.0 Å². The maximum Gasteiger partial charge on any atom is 0.292 e. The highest BCUT2D eigenvalue weighted by atomic mass is 16.6.